The van der Waals surface area contributed by atoms with Crippen molar-refractivity contribution in [2.24, 2.45) is 0 Å². The first-order chi connectivity index (χ1) is 10.4. The van der Waals surface area contributed by atoms with Crippen molar-refractivity contribution < 1.29 is 4.42 Å². The Balaban J connectivity index is 1.52. The lowest BCUT2D eigenvalue weighted by Crippen LogP contribution is -1.99. The van der Waals surface area contributed by atoms with Crippen LogP contribution < -0.4 is 10.6 Å². The Bertz CT molecular complexity index is 609. The summed E-state index contributed by atoms with van der Waals surface area (Å²) in [6.45, 7) is 1.31. The molecule has 0 spiro atoms. The van der Waals surface area contributed by atoms with Gasteiger partial charge in [0.05, 0.1) is 0 Å². The van der Waals surface area contributed by atoms with Gasteiger partial charge in [0.1, 0.15) is 0 Å². The molecule has 0 bridgehead atoms. The summed E-state index contributed by atoms with van der Waals surface area (Å²) < 4.78 is 5.48. The topological polar surface area (TPSA) is 63.0 Å². The number of rotatable bonds is 6. The van der Waals surface area contributed by atoms with E-state index in [1.807, 2.05) is 60.7 Å². The van der Waals surface area contributed by atoms with E-state index < -0.39 is 0 Å². The van der Waals surface area contributed by atoms with Gasteiger partial charge < -0.3 is 15.1 Å². The van der Waals surface area contributed by atoms with Crippen molar-refractivity contribution in [2.75, 3.05) is 10.6 Å². The molecule has 0 atom stereocenters. The lowest BCUT2D eigenvalue weighted by molar-refractivity contribution is 0.577. The molecule has 0 radical (unpaired) electrons. The molecule has 0 aliphatic rings. The van der Waals surface area contributed by atoms with Gasteiger partial charge in [0.2, 0.25) is 0 Å². The van der Waals surface area contributed by atoms with Gasteiger partial charge >= 0.3 is 12.0 Å². The van der Waals surface area contributed by atoms with E-state index in [9.17, 15) is 0 Å². The average molecular weight is 280 g/mol. The van der Waals surface area contributed by atoms with Gasteiger partial charge in [-0.1, -0.05) is 70.9 Å². The van der Waals surface area contributed by atoms with E-state index in [1.54, 1.807) is 0 Å². The summed E-state index contributed by atoms with van der Waals surface area (Å²) in [5.41, 5.74) is 2.32. The summed E-state index contributed by atoms with van der Waals surface area (Å²) in [6, 6.07) is 20.9. The summed E-state index contributed by atoms with van der Waals surface area (Å²) in [5, 5.41) is 14.1. The minimum Gasteiger partial charge on any atom is -0.390 e. The second-order valence-electron chi connectivity index (χ2n) is 4.59. The van der Waals surface area contributed by atoms with Gasteiger partial charge in [0.25, 0.3) is 0 Å². The molecule has 0 saturated carbocycles. The summed E-state index contributed by atoms with van der Waals surface area (Å²) >= 11 is 0. The highest BCUT2D eigenvalue weighted by atomic mass is 16.4. The maximum atomic E-state index is 5.48. The molecule has 1 aromatic heterocycles. The first kappa shape index (κ1) is 13.2. The van der Waals surface area contributed by atoms with Crippen molar-refractivity contribution in [3.63, 3.8) is 0 Å². The molecule has 0 fully saturated rings. The molecule has 0 amide bonds. The van der Waals surface area contributed by atoms with Crippen LogP contribution in [0.2, 0.25) is 0 Å². The highest BCUT2D eigenvalue weighted by Gasteiger charge is 2.04. The van der Waals surface area contributed by atoms with E-state index in [0.717, 1.165) is 11.1 Å². The predicted molar refractivity (Wildman–Crippen MR) is 81.8 cm³/mol. The summed E-state index contributed by atoms with van der Waals surface area (Å²) in [5.74, 6) is 0. The molecule has 3 rings (SSSR count). The highest BCUT2D eigenvalue weighted by Crippen LogP contribution is 2.12. The summed E-state index contributed by atoms with van der Waals surface area (Å²) in [6.07, 6.45) is 0. The highest BCUT2D eigenvalue weighted by molar-refractivity contribution is 5.30. The monoisotopic (exact) mass is 280 g/mol. The number of aromatic nitrogens is 2. The third-order valence-electron chi connectivity index (χ3n) is 3.00. The number of hydrogen-bond donors (Lipinski definition) is 2. The van der Waals surface area contributed by atoms with Crippen LogP contribution in [0.1, 0.15) is 11.1 Å². The fraction of sp³-hybridized carbons (Fsp3) is 0.125. The maximum absolute atomic E-state index is 5.48. The molecule has 2 N–H and O–H groups in total. The molecular formula is C16H16N4O. The number of nitrogens with zero attached hydrogens (tertiary/aromatic N) is 2. The second kappa shape index (κ2) is 6.56. The fourth-order valence-corrected chi connectivity index (χ4v) is 1.91. The zero-order valence-electron chi connectivity index (χ0n) is 11.5. The molecule has 0 aliphatic heterocycles. The predicted octanol–water partition coefficient (Wildman–Crippen LogP) is 3.29. The first-order valence-electron chi connectivity index (χ1n) is 6.79. The molecule has 5 heteroatoms. The molecule has 0 unspecified atom stereocenters. The Hall–Kier alpha value is -2.82. The quantitative estimate of drug-likeness (QED) is 0.725. The van der Waals surface area contributed by atoms with Crippen molar-refractivity contribution in [2.45, 2.75) is 13.1 Å². The molecule has 106 valence electrons. The third-order valence-corrected chi connectivity index (χ3v) is 3.00. The summed E-state index contributed by atoms with van der Waals surface area (Å²) in [4.78, 5) is 0. The Labute approximate surface area is 123 Å². The fourth-order valence-electron chi connectivity index (χ4n) is 1.91. The van der Waals surface area contributed by atoms with E-state index >= 15 is 0 Å². The smallest absolute Gasteiger partial charge is 0.317 e. The lowest BCUT2D eigenvalue weighted by Gasteiger charge is -2.02. The van der Waals surface area contributed by atoms with E-state index in [4.69, 9.17) is 4.42 Å². The number of nitrogens with one attached hydrogen (secondary N) is 2. The second-order valence-corrected chi connectivity index (χ2v) is 4.59. The van der Waals surface area contributed by atoms with Gasteiger partial charge in [0, 0.05) is 13.1 Å². The van der Waals surface area contributed by atoms with Gasteiger partial charge in [-0.15, -0.1) is 0 Å². The standard InChI is InChI=1S/C16H16N4O/c1-3-7-13(8-4-1)11-17-15-19-20-16(21-15)18-12-14-9-5-2-6-10-14/h1-10H,11-12H2,(H,17,19)(H,18,20). The lowest BCUT2D eigenvalue weighted by atomic mass is 10.2. The van der Waals surface area contributed by atoms with Crippen LogP contribution in [0.15, 0.2) is 65.1 Å². The van der Waals surface area contributed by atoms with Crippen LogP contribution in [-0.2, 0) is 13.1 Å². The summed E-state index contributed by atoms with van der Waals surface area (Å²) in [7, 11) is 0. The largest absolute Gasteiger partial charge is 0.390 e. The first-order valence-corrected chi connectivity index (χ1v) is 6.79. The molecular weight excluding hydrogens is 264 g/mol. The van der Waals surface area contributed by atoms with Gasteiger partial charge in [0.15, 0.2) is 0 Å². The zero-order valence-corrected chi connectivity index (χ0v) is 11.5. The minimum atomic E-state index is 0.411. The van der Waals surface area contributed by atoms with Crippen LogP contribution >= 0.6 is 0 Å². The minimum absolute atomic E-state index is 0.411. The molecule has 2 aromatic carbocycles. The number of hydrogen-bond acceptors (Lipinski definition) is 5. The Morgan fingerprint density at radius 3 is 1.52 bits per heavy atom. The molecule has 1 heterocycles. The van der Waals surface area contributed by atoms with Crippen molar-refractivity contribution in [3.05, 3.63) is 71.8 Å². The molecule has 21 heavy (non-hydrogen) atoms. The maximum Gasteiger partial charge on any atom is 0.317 e. The van der Waals surface area contributed by atoms with Crippen LogP contribution in [0, 0.1) is 0 Å². The SMILES string of the molecule is c1ccc(CNc2nnc(NCc3ccccc3)o2)cc1. The third kappa shape index (κ3) is 3.82. The normalized spacial score (nSPS) is 10.3. The molecule has 3 aromatic rings. The van der Waals surface area contributed by atoms with Crippen LogP contribution in [0.4, 0.5) is 12.0 Å². The average Bonchev–Trinajstić information content (AvgIpc) is 3.01. The van der Waals surface area contributed by atoms with Gasteiger partial charge in [-0.25, -0.2) is 0 Å². The van der Waals surface area contributed by atoms with Crippen LogP contribution in [0.3, 0.4) is 0 Å². The van der Waals surface area contributed by atoms with E-state index in [1.165, 1.54) is 0 Å². The molecule has 0 aliphatic carbocycles. The van der Waals surface area contributed by atoms with Crippen LogP contribution in [0.5, 0.6) is 0 Å². The van der Waals surface area contributed by atoms with E-state index in [0.29, 0.717) is 25.1 Å². The van der Waals surface area contributed by atoms with E-state index in [-0.39, 0.29) is 0 Å². The van der Waals surface area contributed by atoms with Gasteiger partial charge in [-0.05, 0) is 11.1 Å². The number of anilines is 2. The Kier molecular flexibility index (Phi) is 4.12. The van der Waals surface area contributed by atoms with Crippen molar-refractivity contribution >= 4 is 12.0 Å². The molecule has 5 nitrogen and oxygen atoms in total. The van der Waals surface area contributed by atoms with Crippen molar-refractivity contribution in [1.29, 1.82) is 0 Å². The van der Waals surface area contributed by atoms with Crippen LogP contribution in [0.25, 0.3) is 0 Å². The number of benzene rings is 2. The van der Waals surface area contributed by atoms with Gasteiger partial charge in [-0.3, -0.25) is 0 Å². The van der Waals surface area contributed by atoms with Crippen molar-refractivity contribution in [1.82, 2.24) is 10.2 Å². The Morgan fingerprint density at radius 2 is 1.10 bits per heavy atom. The van der Waals surface area contributed by atoms with Gasteiger partial charge in [-0.2, -0.15) is 0 Å². The zero-order chi connectivity index (χ0) is 14.3. The Morgan fingerprint density at radius 1 is 0.667 bits per heavy atom. The van der Waals surface area contributed by atoms with E-state index in [2.05, 4.69) is 20.8 Å². The van der Waals surface area contributed by atoms with Crippen LogP contribution in [-0.4, -0.2) is 10.2 Å². The van der Waals surface area contributed by atoms with Crippen molar-refractivity contribution in [3.8, 4) is 0 Å². The molecule has 0 saturated heterocycles.